The van der Waals surface area contributed by atoms with E-state index in [4.69, 9.17) is 9.47 Å². The number of amides is 1. The molecule has 28 heavy (non-hydrogen) atoms. The average molecular weight is 453 g/mol. The smallest absolute Gasteiger partial charge is 0.435 e. The van der Waals surface area contributed by atoms with Gasteiger partial charge in [-0.15, -0.1) is 0 Å². The van der Waals surface area contributed by atoms with Gasteiger partial charge in [0.15, 0.2) is 5.69 Å². The van der Waals surface area contributed by atoms with Gasteiger partial charge in [-0.1, -0.05) is 15.9 Å². The minimum absolute atomic E-state index is 0.198. The van der Waals surface area contributed by atoms with Crippen LogP contribution in [0.2, 0.25) is 0 Å². The first-order valence-electron chi connectivity index (χ1n) is 9.24. The van der Waals surface area contributed by atoms with Gasteiger partial charge in [-0.25, -0.2) is 4.79 Å². The Labute approximate surface area is 172 Å². The highest BCUT2D eigenvalue weighted by atomic mass is 79.9. The summed E-state index contributed by atoms with van der Waals surface area (Å²) in [4.78, 5) is 27.5. The van der Waals surface area contributed by atoms with E-state index in [0.717, 1.165) is 28.8 Å². The molecule has 9 heteroatoms. The van der Waals surface area contributed by atoms with Crippen LogP contribution in [0.5, 0.6) is 0 Å². The topological polar surface area (TPSA) is 85.7 Å². The molecule has 0 bridgehead atoms. The molecule has 3 rings (SSSR count). The number of fused-ring (bicyclic) bond motifs is 1. The SMILES string of the molecule is CC(C)(C)OC(=O)n1nc(C(=O)NCCN2CCOCC2)c2cc(Br)ccc21. The summed E-state index contributed by atoms with van der Waals surface area (Å²) < 4.78 is 12.7. The van der Waals surface area contributed by atoms with Crippen LogP contribution in [0.15, 0.2) is 22.7 Å². The molecule has 1 aliphatic heterocycles. The Morgan fingerprint density at radius 2 is 2.00 bits per heavy atom. The van der Waals surface area contributed by atoms with Crippen molar-refractivity contribution in [1.82, 2.24) is 20.0 Å². The molecule has 1 aromatic heterocycles. The number of aromatic nitrogens is 2. The zero-order valence-corrected chi connectivity index (χ0v) is 17.9. The van der Waals surface area contributed by atoms with E-state index >= 15 is 0 Å². The number of carbonyl (C=O) groups is 2. The van der Waals surface area contributed by atoms with Crippen molar-refractivity contribution in [3.63, 3.8) is 0 Å². The first kappa shape index (κ1) is 20.8. The van der Waals surface area contributed by atoms with E-state index in [9.17, 15) is 9.59 Å². The summed E-state index contributed by atoms with van der Waals surface area (Å²) in [6, 6.07) is 5.31. The highest BCUT2D eigenvalue weighted by Crippen LogP contribution is 2.24. The van der Waals surface area contributed by atoms with Gasteiger partial charge in [0.25, 0.3) is 5.91 Å². The molecule has 0 saturated carbocycles. The third kappa shape index (κ3) is 5.09. The summed E-state index contributed by atoms with van der Waals surface area (Å²) in [5, 5.41) is 7.74. The highest BCUT2D eigenvalue weighted by molar-refractivity contribution is 9.10. The maximum absolute atomic E-state index is 12.7. The quantitative estimate of drug-likeness (QED) is 0.767. The van der Waals surface area contributed by atoms with Gasteiger partial charge >= 0.3 is 6.09 Å². The van der Waals surface area contributed by atoms with E-state index < -0.39 is 11.7 Å². The van der Waals surface area contributed by atoms with Crippen LogP contribution >= 0.6 is 15.9 Å². The van der Waals surface area contributed by atoms with Gasteiger partial charge in [-0.05, 0) is 39.0 Å². The second kappa shape index (κ2) is 8.59. The Balaban J connectivity index is 1.78. The maximum atomic E-state index is 12.7. The summed E-state index contributed by atoms with van der Waals surface area (Å²) in [7, 11) is 0. The molecule has 2 aromatic rings. The van der Waals surface area contributed by atoms with Crippen LogP contribution in [0.1, 0.15) is 31.3 Å². The Morgan fingerprint density at radius 3 is 2.68 bits per heavy atom. The van der Waals surface area contributed by atoms with Crippen molar-refractivity contribution in [1.29, 1.82) is 0 Å². The van der Waals surface area contributed by atoms with Crippen LogP contribution in [0, 0.1) is 0 Å². The first-order valence-corrected chi connectivity index (χ1v) is 10.0. The van der Waals surface area contributed by atoms with Crippen LogP contribution in [-0.4, -0.2) is 71.7 Å². The molecule has 1 aromatic carbocycles. The predicted molar refractivity (Wildman–Crippen MR) is 109 cm³/mol. The van der Waals surface area contributed by atoms with Crippen molar-refractivity contribution in [2.45, 2.75) is 26.4 Å². The summed E-state index contributed by atoms with van der Waals surface area (Å²) in [5.74, 6) is -0.321. The Kier molecular flexibility index (Phi) is 6.36. The monoisotopic (exact) mass is 452 g/mol. The molecular weight excluding hydrogens is 428 g/mol. The Hall–Kier alpha value is -1.97. The minimum Gasteiger partial charge on any atom is -0.442 e. The highest BCUT2D eigenvalue weighted by Gasteiger charge is 2.24. The zero-order valence-electron chi connectivity index (χ0n) is 16.3. The van der Waals surface area contributed by atoms with Gasteiger partial charge in [0.1, 0.15) is 5.60 Å². The molecule has 0 atom stereocenters. The minimum atomic E-state index is -0.661. The lowest BCUT2D eigenvalue weighted by Gasteiger charge is -2.26. The second-order valence-electron chi connectivity index (χ2n) is 7.61. The van der Waals surface area contributed by atoms with Crippen molar-refractivity contribution in [3.8, 4) is 0 Å². The first-order chi connectivity index (χ1) is 13.2. The number of hydrogen-bond donors (Lipinski definition) is 1. The van der Waals surface area contributed by atoms with Crippen molar-refractivity contribution >= 4 is 38.8 Å². The summed E-state index contributed by atoms with van der Waals surface area (Å²) in [6.45, 7) is 9.74. The van der Waals surface area contributed by atoms with Crippen LogP contribution < -0.4 is 5.32 Å². The molecule has 1 saturated heterocycles. The fourth-order valence-corrected chi connectivity index (χ4v) is 3.30. The summed E-state index contributed by atoms with van der Waals surface area (Å²) >= 11 is 3.41. The molecule has 2 heterocycles. The summed E-state index contributed by atoms with van der Waals surface area (Å²) in [6.07, 6.45) is -0.618. The normalized spacial score (nSPS) is 15.6. The van der Waals surface area contributed by atoms with Crippen molar-refractivity contribution in [3.05, 3.63) is 28.4 Å². The number of rotatable bonds is 4. The molecule has 1 amide bonds. The van der Waals surface area contributed by atoms with Gasteiger partial charge in [0, 0.05) is 36.0 Å². The van der Waals surface area contributed by atoms with Gasteiger partial charge < -0.3 is 14.8 Å². The van der Waals surface area contributed by atoms with E-state index in [0.29, 0.717) is 30.7 Å². The number of ether oxygens (including phenoxy) is 2. The predicted octanol–water partition coefficient (Wildman–Crippen LogP) is 2.64. The van der Waals surface area contributed by atoms with Crippen molar-refractivity contribution in [2.24, 2.45) is 0 Å². The third-order valence-electron chi connectivity index (χ3n) is 4.24. The van der Waals surface area contributed by atoms with E-state index in [1.807, 2.05) is 0 Å². The van der Waals surface area contributed by atoms with Gasteiger partial charge in [-0.2, -0.15) is 9.78 Å². The summed E-state index contributed by atoms with van der Waals surface area (Å²) in [5.41, 5.74) is 0.0607. The Bertz CT molecular complexity index is 869. The largest absolute Gasteiger partial charge is 0.442 e. The number of halogens is 1. The van der Waals surface area contributed by atoms with E-state index in [1.165, 1.54) is 0 Å². The average Bonchev–Trinajstić information content (AvgIpc) is 3.00. The number of morpholine rings is 1. The van der Waals surface area contributed by atoms with E-state index in [1.54, 1.807) is 39.0 Å². The Morgan fingerprint density at radius 1 is 1.29 bits per heavy atom. The number of hydrogen-bond acceptors (Lipinski definition) is 6. The molecule has 1 aliphatic rings. The third-order valence-corrected chi connectivity index (χ3v) is 4.73. The lowest BCUT2D eigenvalue weighted by Crippen LogP contribution is -2.41. The van der Waals surface area contributed by atoms with Crippen LogP contribution in [-0.2, 0) is 9.47 Å². The molecular formula is C19H25BrN4O4. The standard InChI is InChI=1S/C19H25BrN4O4/c1-19(2,3)28-18(26)24-15-5-4-13(20)12-14(15)16(22-24)17(25)21-6-7-23-8-10-27-11-9-23/h4-5,12H,6-11H2,1-3H3,(H,21,25). The van der Waals surface area contributed by atoms with Gasteiger partial charge in [-0.3, -0.25) is 9.69 Å². The molecule has 152 valence electrons. The number of benzene rings is 1. The number of nitrogens with one attached hydrogen (secondary N) is 1. The maximum Gasteiger partial charge on any atom is 0.435 e. The molecule has 1 fully saturated rings. The lowest BCUT2D eigenvalue weighted by molar-refractivity contribution is 0.0383. The molecule has 0 aliphatic carbocycles. The number of nitrogens with zero attached hydrogens (tertiary/aromatic N) is 3. The van der Waals surface area contributed by atoms with E-state index in [-0.39, 0.29) is 11.6 Å². The lowest BCUT2D eigenvalue weighted by atomic mass is 10.2. The fraction of sp³-hybridized carbons (Fsp3) is 0.526. The van der Waals surface area contributed by atoms with E-state index in [2.05, 4.69) is 31.2 Å². The van der Waals surface area contributed by atoms with Crippen molar-refractivity contribution in [2.75, 3.05) is 39.4 Å². The molecule has 0 unspecified atom stereocenters. The van der Waals surface area contributed by atoms with Crippen LogP contribution in [0.3, 0.4) is 0 Å². The van der Waals surface area contributed by atoms with Gasteiger partial charge in [0.05, 0.1) is 18.7 Å². The fourth-order valence-electron chi connectivity index (χ4n) is 2.94. The molecule has 1 N–H and O–H groups in total. The number of carbonyl (C=O) groups excluding carboxylic acids is 2. The zero-order chi connectivity index (χ0) is 20.3. The van der Waals surface area contributed by atoms with Crippen LogP contribution in [0.25, 0.3) is 10.9 Å². The molecule has 8 nitrogen and oxygen atoms in total. The van der Waals surface area contributed by atoms with Gasteiger partial charge in [0.2, 0.25) is 0 Å². The van der Waals surface area contributed by atoms with Crippen molar-refractivity contribution < 1.29 is 19.1 Å². The molecule has 0 spiro atoms. The second-order valence-corrected chi connectivity index (χ2v) is 8.53. The van der Waals surface area contributed by atoms with Crippen LogP contribution in [0.4, 0.5) is 4.79 Å². The molecule has 0 radical (unpaired) electrons.